The van der Waals surface area contributed by atoms with Crippen molar-refractivity contribution in [3.05, 3.63) is 45.7 Å². The van der Waals surface area contributed by atoms with E-state index in [9.17, 15) is 16.8 Å². The van der Waals surface area contributed by atoms with Crippen LogP contribution in [0, 0.1) is 0 Å². The monoisotopic (exact) mass is 584 g/mol. The molecule has 5 rings (SSSR count). The van der Waals surface area contributed by atoms with Crippen LogP contribution in [0.3, 0.4) is 0 Å². The average molecular weight is 585 g/mol. The van der Waals surface area contributed by atoms with Gasteiger partial charge in [0, 0.05) is 16.5 Å². The molecule has 3 aromatic rings. The summed E-state index contributed by atoms with van der Waals surface area (Å²) < 4.78 is 55.4. The van der Waals surface area contributed by atoms with Crippen LogP contribution < -0.4 is 0 Å². The third-order valence-corrected chi connectivity index (χ3v) is 12.9. The van der Waals surface area contributed by atoms with Crippen LogP contribution in [-0.4, -0.2) is 16.8 Å². The molecule has 2 aliphatic heterocycles. The molecule has 0 saturated carbocycles. The van der Waals surface area contributed by atoms with Gasteiger partial charge in [-0.2, -0.15) is 0 Å². The Morgan fingerprint density at radius 1 is 0.667 bits per heavy atom. The van der Waals surface area contributed by atoms with Crippen LogP contribution >= 0.6 is 11.3 Å². The molecule has 7 heteroatoms. The van der Waals surface area contributed by atoms with Gasteiger partial charge in [-0.3, -0.25) is 0 Å². The second-order valence-corrected chi connectivity index (χ2v) is 15.6. The Kier molecular flexibility index (Phi) is 8.70. The predicted octanol–water partition coefficient (Wildman–Crippen LogP) is 9.28. The highest BCUT2D eigenvalue weighted by atomic mass is 32.2. The van der Waals surface area contributed by atoms with Gasteiger partial charge in [0.15, 0.2) is 0 Å². The van der Waals surface area contributed by atoms with E-state index in [1.807, 2.05) is 17.5 Å². The molecule has 0 saturated heterocycles. The van der Waals surface area contributed by atoms with Crippen molar-refractivity contribution in [3.63, 3.8) is 0 Å². The van der Waals surface area contributed by atoms with Gasteiger partial charge >= 0.3 is 0 Å². The smallest absolute Gasteiger partial charge is 0.210 e. The first-order chi connectivity index (χ1) is 18.8. The number of unbranched alkanes of at least 4 members (excludes halogenated alkanes) is 10. The fourth-order valence-corrected chi connectivity index (χ4v) is 11.4. The molecular weight excluding hydrogens is 545 g/mol. The number of fused-ring (bicyclic) bond motifs is 7. The number of benzene rings is 2. The zero-order valence-electron chi connectivity index (χ0n) is 23.2. The number of rotatable bonds is 14. The van der Waals surface area contributed by atoms with E-state index in [1.54, 1.807) is 6.08 Å². The number of hydrogen-bond donors (Lipinski definition) is 0. The predicted molar refractivity (Wildman–Crippen MR) is 163 cm³/mol. The number of aryl methyl sites for hydroxylation is 2. The molecule has 0 unspecified atom stereocenters. The summed E-state index contributed by atoms with van der Waals surface area (Å²) in [5.74, 6) is 0. The molecule has 0 fully saturated rings. The summed E-state index contributed by atoms with van der Waals surface area (Å²) >= 11 is 1.45. The fourth-order valence-electron chi connectivity index (χ4n) is 6.22. The van der Waals surface area contributed by atoms with Crippen molar-refractivity contribution in [1.82, 2.24) is 0 Å². The van der Waals surface area contributed by atoms with E-state index in [4.69, 9.17) is 0 Å². The zero-order chi connectivity index (χ0) is 27.6. The van der Waals surface area contributed by atoms with Crippen molar-refractivity contribution < 1.29 is 16.8 Å². The second kappa shape index (κ2) is 11.9. The maximum absolute atomic E-state index is 14.1. The van der Waals surface area contributed by atoms with Crippen LogP contribution in [0.4, 0.5) is 0 Å². The largest absolute Gasteiger partial charge is 0.219 e. The van der Waals surface area contributed by atoms with Crippen molar-refractivity contribution in [2.24, 2.45) is 0 Å². The van der Waals surface area contributed by atoms with Gasteiger partial charge in [-0.05, 0) is 77.4 Å². The summed E-state index contributed by atoms with van der Waals surface area (Å²) in [5.41, 5.74) is 3.96. The van der Waals surface area contributed by atoms with E-state index in [2.05, 4.69) is 19.9 Å². The molecule has 0 radical (unpaired) electrons. The van der Waals surface area contributed by atoms with E-state index < -0.39 is 19.7 Å². The Balaban J connectivity index is 1.55. The average Bonchev–Trinajstić information content (AvgIpc) is 3.57. The van der Waals surface area contributed by atoms with E-state index in [0.29, 0.717) is 21.6 Å². The van der Waals surface area contributed by atoms with E-state index in [0.717, 1.165) is 54.2 Å². The molecule has 210 valence electrons. The second-order valence-electron chi connectivity index (χ2n) is 11.1. The lowest BCUT2D eigenvalue weighted by atomic mass is 9.93. The maximum atomic E-state index is 14.1. The molecule has 0 aliphatic carbocycles. The third kappa shape index (κ3) is 5.39. The first-order valence-corrected chi connectivity index (χ1v) is 18.6. The molecule has 0 atom stereocenters. The Morgan fingerprint density at radius 3 is 1.90 bits per heavy atom. The van der Waals surface area contributed by atoms with Crippen molar-refractivity contribution in [2.75, 3.05) is 0 Å². The van der Waals surface area contributed by atoms with Crippen LogP contribution in [0.25, 0.3) is 27.3 Å². The summed E-state index contributed by atoms with van der Waals surface area (Å²) in [5, 5.41) is 4.14. The van der Waals surface area contributed by atoms with Gasteiger partial charge in [-0.15, -0.1) is 11.3 Å². The summed E-state index contributed by atoms with van der Waals surface area (Å²) in [6.45, 7) is 4.43. The van der Waals surface area contributed by atoms with Gasteiger partial charge in [0.05, 0.1) is 19.4 Å². The lowest BCUT2D eigenvalue weighted by molar-refractivity contribution is 0.589. The third-order valence-electron chi connectivity index (χ3n) is 8.27. The molecular formula is C32H40O4S3. The standard InChI is InChI=1S/C32H40O4S3/c1-3-5-7-9-11-13-15-23-21-27-28-22-24(16-14-12-10-8-6-4-2)26-18-20-38(33,34)31(26)32(28)39(35,36)30(27)29-25(23)17-19-37-29/h17-22H,3-16H2,1-2H3. The Bertz CT molecular complexity index is 1610. The van der Waals surface area contributed by atoms with E-state index in [1.165, 1.54) is 73.7 Å². The van der Waals surface area contributed by atoms with Crippen LogP contribution in [0.2, 0.25) is 0 Å². The minimum atomic E-state index is -3.97. The fraction of sp³-hybridized carbons (Fsp3) is 0.500. The Morgan fingerprint density at radius 2 is 1.23 bits per heavy atom. The molecule has 0 spiro atoms. The quantitative estimate of drug-likeness (QED) is 0.139. The van der Waals surface area contributed by atoms with Crippen molar-refractivity contribution >= 4 is 47.2 Å². The van der Waals surface area contributed by atoms with Crippen molar-refractivity contribution in [2.45, 2.75) is 118 Å². The lowest BCUT2D eigenvalue weighted by Gasteiger charge is -2.13. The number of sulfone groups is 2. The Labute approximate surface area is 238 Å². The SMILES string of the molecule is CCCCCCCCc1cc2c(c3c1C=CS3(=O)=O)S(=O)(=O)c1c-2cc(CCCCCCCC)c2ccsc12. The molecule has 2 aliphatic rings. The van der Waals surface area contributed by atoms with Crippen molar-refractivity contribution in [1.29, 1.82) is 0 Å². The van der Waals surface area contributed by atoms with E-state index >= 15 is 0 Å². The highest BCUT2D eigenvalue weighted by molar-refractivity contribution is 7.97. The van der Waals surface area contributed by atoms with Crippen LogP contribution in [0.1, 0.15) is 108 Å². The summed E-state index contributed by atoms with van der Waals surface area (Å²) in [4.78, 5) is 0.296. The van der Waals surface area contributed by atoms with Crippen molar-refractivity contribution in [3.8, 4) is 11.1 Å². The molecule has 0 amide bonds. The molecule has 2 aromatic carbocycles. The van der Waals surface area contributed by atoms with Crippen LogP contribution in [0.15, 0.2) is 43.7 Å². The first-order valence-electron chi connectivity index (χ1n) is 14.7. The normalized spacial score (nSPS) is 16.1. The van der Waals surface area contributed by atoms with Gasteiger partial charge in [-0.25, -0.2) is 16.8 Å². The minimum absolute atomic E-state index is 0.000590. The number of thiophene rings is 1. The number of hydrogen-bond acceptors (Lipinski definition) is 5. The highest BCUT2D eigenvalue weighted by Crippen LogP contribution is 2.53. The Hall–Kier alpha value is -1.96. The molecule has 39 heavy (non-hydrogen) atoms. The van der Waals surface area contributed by atoms with Gasteiger partial charge in [-0.1, -0.05) is 78.1 Å². The molecule has 3 heterocycles. The summed E-state index contributed by atoms with van der Waals surface area (Å²) in [6.07, 6.45) is 17.4. The van der Waals surface area contributed by atoms with E-state index in [-0.39, 0.29) is 9.79 Å². The maximum Gasteiger partial charge on any atom is 0.210 e. The molecule has 4 nitrogen and oxygen atoms in total. The minimum Gasteiger partial charge on any atom is -0.219 e. The zero-order valence-corrected chi connectivity index (χ0v) is 25.7. The molecule has 0 bridgehead atoms. The summed E-state index contributed by atoms with van der Waals surface area (Å²) in [6, 6.07) is 6.07. The van der Waals surface area contributed by atoms with Gasteiger partial charge in [0.25, 0.3) is 0 Å². The topological polar surface area (TPSA) is 68.3 Å². The summed E-state index contributed by atoms with van der Waals surface area (Å²) in [7, 11) is -7.79. The highest BCUT2D eigenvalue weighted by Gasteiger charge is 2.43. The van der Waals surface area contributed by atoms with Gasteiger partial charge < -0.3 is 0 Å². The van der Waals surface area contributed by atoms with Gasteiger partial charge in [0.2, 0.25) is 19.7 Å². The lowest BCUT2D eigenvalue weighted by Crippen LogP contribution is -2.07. The first kappa shape index (κ1) is 28.6. The molecule has 0 N–H and O–H groups in total. The van der Waals surface area contributed by atoms with Crippen LogP contribution in [0.5, 0.6) is 0 Å². The van der Waals surface area contributed by atoms with Gasteiger partial charge in [0.1, 0.15) is 0 Å². The van der Waals surface area contributed by atoms with Crippen LogP contribution in [-0.2, 0) is 32.5 Å². The molecule has 1 aromatic heterocycles.